The van der Waals surface area contributed by atoms with E-state index in [9.17, 15) is 8.42 Å². The smallest absolute Gasteiger partial charge is 0.261 e. The van der Waals surface area contributed by atoms with Gasteiger partial charge in [-0.1, -0.05) is 47.5 Å². The number of anilines is 1. The molecule has 1 aliphatic carbocycles. The van der Waals surface area contributed by atoms with Crippen molar-refractivity contribution in [3.05, 3.63) is 63.6 Å². The zero-order valence-electron chi connectivity index (χ0n) is 14.1. The zero-order valence-corrected chi connectivity index (χ0v) is 16.4. The lowest BCUT2D eigenvalue weighted by Crippen LogP contribution is -2.27. The van der Waals surface area contributed by atoms with Crippen LogP contribution in [0.5, 0.6) is 0 Å². The van der Waals surface area contributed by atoms with Gasteiger partial charge in [-0.05, 0) is 48.6 Å². The molecule has 2 aromatic carbocycles. The highest BCUT2D eigenvalue weighted by Gasteiger charge is 2.23. The molecule has 1 atom stereocenters. The van der Waals surface area contributed by atoms with Crippen LogP contribution in [0.2, 0.25) is 10.0 Å². The molecule has 0 saturated heterocycles. The van der Waals surface area contributed by atoms with Gasteiger partial charge in [0, 0.05) is 12.7 Å². The average molecular weight is 402 g/mol. The van der Waals surface area contributed by atoms with Crippen LogP contribution in [0, 0.1) is 0 Å². The summed E-state index contributed by atoms with van der Waals surface area (Å²) in [6.07, 6.45) is 4.30. The fraction of sp³-hybridized carbons (Fsp3) is 0.333. The average Bonchev–Trinajstić information content (AvgIpc) is 2.55. The largest absolute Gasteiger partial charge is 0.367 e. The van der Waals surface area contributed by atoms with Gasteiger partial charge in [-0.3, -0.25) is 4.55 Å². The Morgan fingerprint density at radius 1 is 1.12 bits per heavy atom. The summed E-state index contributed by atoms with van der Waals surface area (Å²) in [5.74, 6) is 0. The summed E-state index contributed by atoms with van der Waals surface area (Å²) in [5.41, 5.74) is 4.02. The molecule has 25 heavy (non-hydrogen) atoms. The highest BCUT2D eigenvalue weighted by molar-refractivity contribution is 7.85. The number of rotatable bonds is 2. The van der Waals surface area contributed by atoms with Crippen LogP contribution < -0.4 is 4.90 Å². The number of nitrogens with zero attached hydrogens (tertiary/aromatic N) is 1. The summed E-state index contributed by atoms with van der Waals surface area (Å²) >= 11 is 12.1. The van der Waals surface area contributed by atoms with E-state index in [0.29, 0.717) is 22.3 Å². The fourth-order valence-corrected chi connectivity index (χ4v) is 3.31. The Balaban J connectivity index is 0.000000399. The van der Waals surface area contributed by atoms with Crippen molar-refractivity contribution in [1.82, 2.24) is 0 Å². The van der Waals surface area contributed by atoms with E-state index in [0.717, 1.165) is 5.69 Å². The third-order valence-electron chi connectivity index (χ3n) is 4.12. The maximum atomic E-state index is 9.19. The molecule has 1 N–H and O–H groups in total. The van der Waals surface area contributed by atoms with Gasteiger partial charge in [0.05, 0.1) is 22.3 Å². The molecule has 0 radical (unpaired) electrons. The van der Waals surface area contributed by atoms with Crippen LogP contribution in [0.15, 0.2) is 42.5 Å². The number of benzene rings is 2. The SMILES string of the molecule is CN(c1ccc(Cl)c(Cl)c1)C1CCCc2ccccc21.CS(=O)(=O)O. The molecule has 0 amide bonds. The van der Waals surface area contributed by atoms with Crippen molar-refractivity contribution in [1.29, 1.82) is 0 Å². The molecule has 0 bridgehead atoms. The van der Waals surface area contributed by atoms with Gasteiger partial charge in [0.15, 0.2) is 0 Å². The first kappa shape index (κ1) is 20.0. The third-order valence-corrected chi connectivity index (χ3v) is 4.85. The second kappa shape index (κ2) is 8.41. The number of hydrogen-bond acceptors (Lipinski definition) is 3. The number of aryl methyl sites for hydroxylation is 1. The molecule has 1 aliphatic rings. The molecular formula is C18H21Cl2NO3S. The Labute approximate surface area is 159 Å². The minimum absolute atomic E-state index is 0.414. The van der Waals surface area contributed by atoms with Crippen molar-refractivity contribution in [2.75, 3.05) is 18.2 Å². The zero-order chi connectivity index (χ0) is 18.6. The number of fused-ring (bicyclic) bond motifs is 1. The predicted octanol–water partition coefficient (Wildman–Crippen LogP) is 5.01. The molecule has 0 spiro atoms. The summed E-state index contributed by atoms with van der Waals surface area (Å²) in [7, 11) is -1.54. The highest BCUT2D eigenvalue weighted by atomic mass is 35.5. The van der Waals surface area contributed by atoms with E-state index >= 15 is 0 Å². The van der Waals surface area contributed by atoms with Crippen LogP contribution >= 0.6 is 23.2 Å². The van der Waals surface area contributed by atoms with E-state index in [1.807, 2.05) is 18.2 Å². The Morgan fingerprint density at radius 2 is 1.76 bits per heavy atom. The summed E-state index contributed by atoms with van der Waals surface area (Å²) in [6.45, 7) is 0. The van der Waals surface area contributed by atoms with Crippen molar-refractivity contribution in [3.63, 3.8) is 0 Å². The van der Waals surface area contributed by atoms with Crippen LogP contribution in [0.4, 0.5) is 5.69 Å². The standard InChI is InChI=1S/C17H17Cl2N.CH4O3S/c1-20(13-9-10-15(18)16(19)11-13)17-8-4-6-12-5-2-3-7-14(12)17;1-5(2,3)4/h2-3,5,7,9-11,17H,4,6,8H2,1H3;1H3,(H,2,3,4). The lowest BCUT2D eigenvalue weighted by atomic mass is 9.87. The lowest BCUT2D eigenvalue weighted by molar-refractivity contribution is 0.490. The molecule has 136 valence electrons. The van der Waals surface area contributed by atoms with Gasteiger partial charge < -0.3 is 4.90 Å². The molecule has 0 saturated carbocycles. The van der Waals surface area contributed by atoms with Crippen LogP contribution in [0.25, 0.3) is 0 Å². The maximum Gasteiger partial charge on any atom is 0.261 e. The summed E-state index contributed by atoms with van der Waals surface area (Å²) < 4.78 is 25.9. The van der Waals surface area contributed by atoms with E-state index < -0.39 is 10.1 Å². The van der Waals surface area contributed by atoms with Crippen molar-refractivity contribution in [2.45, 2.75) is 25.3 Å². The van der Waals surface area contributed by atoms with Crippen LogP contribution in [-0.4, -0.2) is 26.3 Å². The van der Waals surface area contributed by atoms with E-state index in [2.05, 4.69) is 36.2 Å². The molecule has 0 fully saturated rings. The van der Waals surface area contributed by atoms with Crippen LogP contribution in [-0.2, 0) is 16.5 Å². The van der Waals surface area contributed by atoms with Crippen LogP contribution in [0.1, 0.15) is 30.0 Å². The van der Waals surface area contributed by atoms with E-state index in [1.165, 1.54) is 30.4 Å². The molecule has 1 unspecified atom stereocenters. The van der Waals surface area contributed by atoms with Gasteiger partial charge in [0.1, 0.15) is 0 Å². The maximum absolute atomic E-state index is 9.19. The first-order valence-corrected chi connectivity index (χ1v) is 10.5. The minimum Gasteiger partial charge on any atom is -0.367 e. The topological polar surface area (TPSA) is 57.6 Å². The predicted molar refractivity (Wildman–Crippen MR) is 104 cm³/mol. The molecule has 2 aromatic rings. The van der Waals surface area contributed by atoms with E-state index in [4.69, 9.17) is 27.8 Å². The normalized spacial score (nSPS) is 16.4. The van der Waals surface area contributed by atoms with Gasteiger partial charge in [-0.15, -0.1) is 0 Å². The van der Waals surface area contributed by atoms with Crippen molar-refractivity contribution in [2.24, 2.45) is 0 Å². The highest BCUT2D eigenvalue weighted by Crippen LogP contribution is 2.37. The second-order valence-corrected chi connectivity index (χ2v) is 8.33. The Bertz CT molecular complexity index is 832. The van der Waals surface area contributed by atoms with E-state index in [-0.39, 0.29) is 0 Å². The quantitative estimate of drug-likeness (QED) is 0.718. The molecule has 0 aliphatic heterocycles. The van der Waals surface area contributed by atoms with Crippen molar-refractivity contribution in [3.8, 4) is 0 Å². The first-order chi connectivity index (χ1) is 11.7. The molecule has 0 aromatic heterocycles. The number of hydrogen-bond donors (Lipinski definition) is 1. The van der Waals surface area contributed by atoms with E-state index in [1.54, 1.807) is 0 Å². The second-order valence-electron chi connectivity index (χ2n) is 6.05. The molecular weight excluding hydrogens is 381 g/mol. The Kier molecular flexibility index (Phi) is 6.74. The number of halogens is 2. The summed E-state index contributed by atoms with van der Waals surface area (Å²) in [4.78, 5) is 2.31. The first-order valence-electron chi connectivity index (χ1n) is 7.85. The van der Waals surface area contributed by atoms with Crippen LogP contribution in [0.3, 0.4) is 0 Å². The lowest BCUT2D eigenvalue weighted by Gasteiger charge is -2.35. The van der Waals surface area contributed by atoms with Gasteiger partial charge in [-0.2, -0.15) is 8.42 Å². The minimum atomic E-state index is -3.67. The molecule has 0 heterocycles. The summed E-state index contributed by atoms with van der Waals surface area (Å²) in [6, 6.07) is 15.0. The third kappa shape index (κ3) is 5.89. The Morgan fingerprint density at radius 3 is 2.40 bits per heavy atom. The van der Waals surface area contributed by atoms with Crippen molar-refractivity contribution < 1.29 is 13.0 Å². The van der Waals surface area contributed by atoms with Gasteiger partial charge in [0.25, 0.3) is 10.1 Å². The fourth-order valence-electron chi connectivity index (χ4n) is 3.01. The van der Waals surface area contributed by atoms with Gasteiger partial charge in [0.2, 0.25) is 0 Å². The molecule has 4 nitrogen and oxygen atoms in total. The monoisotopic (exact) mass is 401 g/mol. The summed E-state index contributed by atoms with van der Waals surface area (Å²) in [5, 5.41) is 1.22. The molecule has 3 rings (SSSR count). The van der Waals surface area contributed by atoms with Gasteiger partial charge in [-0.25, -0.2) is 0 Å². The Hall–Kier alpha value is -1.27. The molecule has 7 heteroatoms. The van der Waals surface area contributed by atoms with Gasteiger partial charge >= 0.3 is 0 Å². The van der Waals surface area contributed by atoms with Crippen molar-refractivity contribution >= 4 is 39.0 Å².